The van der Waals surface area contributed by atoms with Crippen molar-refractivity contribution in [3.8, 4) is 0 Å². The van der Waals surface area contributed by atoms with Crippen LogP contribution in [0.1, 0.15) is 18.6 Å². The van der Waals surface area contributed by atoms with Crippen molar-refractivity contribution in [2.75, 3.05) is 18.0 Å². The van der Waals surface area contributed by atoms with Crippen LogP contribution < -0.4 is 4.90 Å². The molecule has 0 radical (unpaired) electrons. The third-order valence-electron chi connectivity index (χ3n) is 4.13. The maximum Gasteiger partial charge on any atom is 0.252 e. The monoisotopic (exact) mass is 399 g/mol. The van der Waals surface area contributed by atoms with Crippen LogP contribution in [0.3, 0.4) is 0 Å². The lowest BCUT2D eigenvalue weighted by atomic mass is 10.4. The van der Waals surface area contributed by atoms with Crippen molar-refractivity contribution in [2.24, 2.45) is 0 Å². The van der Waals surface area contributed by atoms with Crippen LogP contribution in [0.5, 0.6) is 0 Å². The molecule has 0 unspecified atom stereocenters. The molecule has 4 rings (SSSR count). The van der Waals surface area contributed by atoms with Gasteiger partial charge in [-0.2, -0.15) is 13.8 Å². The first-order valence-corrected chi connectivity index (χ1v) is 8.94. The van der Waals surface area contributed by atoms with Crippen LogP contribution in [0, 0.1) is 23.5 Å². The number of rotatable bonds is 5. The molecule has 3 aromatic heterocycles. The summed E-state index contributed by atoms with van der Waals surface area (Å²) in [6, 6.07) is 3.43. The molecule has 3 aromatic rings. The Morgan fingerprint density at radius 3 is 2.37 bits per heavy atom. The van der Waals surface area contributed by atoms with Crippen LogP contribution in [0.15, 0.2) is 32.9 Å². The molecule has 0 N–H and O–H groups in total. The molecule has 1 aliphatic rings. The molecule has 11 heteroatoms. The summed E-state index contributed by atoms with van der Waals surface area (Å²) >= 11 is 0.448. The van der Waals surface area contributed by atoms with Gasteiger partial charge in [-0.05, 0) is 36.7 Å². The summed E-state index contributed by atoms with van der Waals surface area (Å²) in [5.41, 5.74) is 0. The Hall–Kier alpha value is -2.56. The predicted molar refractivity (Wildman–Crippen MR) is 87.5 cm³/mol. The van der Waals surface area contributed by atoms with Crippen molar-refractivity contribution >= 4 is 17.7 Å². The first-order chi connectivity index (χ1) is 13.0. The molecule has 6 nitrogen and oxygen atoms in total. The van der Waals surface area contributed by atoms with E-state index in [0.29, 0.717) is 23.5 Å². The van der Waals surface area contributed by atoms with E-state index < -0.39 is 28.4 Å². The molecule has 0 amide bonds. The number of hydrogen-bond donors (Lipinski definition) is 0. The number of anilines is 1. The number of aromatic nitrogens is 4. The van der Waals surface area contributed by atoms with Crippen LogP contribution in [0.4, 0.5) is 23.5 Å². The Kier molecular flexibility index (Phi) is 4.77. The molecule has 27 heavy (non-hydrogen) atoms. The topological polar surface area (TPSA) is 60.0 Å². The lowest BCUT2D eigenvalue weighted by Gasteiger charge is -2.17. The van der Waals surface area contributed by atoms with E-state index in [1.54, 1.807) is 16.7 Å². The maximum atomic E-state index is 14.0. The van der Waals surface area contributed by atoms with Gasteiger partial charge in [-0.15, -0.1) is 10.2 Å². The van der Waals surface area contributed by atoms with Crippen molar-refractivity contribution in [3.63, 3.8) is 0 Å². The average molecular weight is 399 g/mol. The van der Waals surface area contributed by atoms with Gasteiger partial charge in [0, 0.05) is 13.1 Å². The third kappa shape index (κ3) is 3.38. The fourth-order valence-corrected chi connectivity index (χ4v) is 3.72. The third-order valence-corrected chi connectivity index (χ3v) is 5.18. The van der Waals surface area contributed by atoms with Gasteiger partial charge in [0.1, 0.15) is 5.76 Å². The van der Waals surface area contributed by atoms with Crippen molar-refractivity contribution < 1.29 is 22.0 Å². The molecular weight excluding hydrogens is 386 g/mol. The van der Waals surface area contributed by atoms with Crippen LogP contribution in [-0.4, -0.2) is 32.8 Å². The van der Waals surface area contributed by atoms with E-state index in [2.05, 4.69) is 15.2 Å². The quantitative estimate of drug-likeness (QED) is 0.483. The zero-order valence-corrected chi connectivity index (χ0v) is 14.6. The Balaban J connectivity index is 1.75. The second-order valence-corrected chi connectivity index (χ2v) is 6.87. The van der Waals surface area contributed by atoms with Gasteiger partial charge in [0.05, 0.1) is 17.7 Å². The van der Waals surface area contributed by atoms with Gasteiger partial charge < -0.3 is 9.32 Å². The minimum Gasteiger partial charge on any atom is -0.467 e. The summed E-state index contributed by atoms with van der Waals surface area (Å²) in [6.07, 6.45) is 3.47. The molecular formula is C16H13F4N5OS. The summed E-state index contributed by atoms with van der Waals surface area (Å²) in [5.74, 6) is -5.50. The van der Waals surface area contributed by atoms with Gasteiger partial charge in [0.2, 0.25) is 5.95 Å². The predicted octanol–water partition coefficient (Wildman–Crippen LogP) is 3.62. The fraction of sp³-hybridized carbons (Fsp3) is 0.312. The van der Waals surface area contributed by atoms with Gasteiger partial charge >= 0.3 is 0 Å². The van der Waals surface area contributed by atoms with Crippen LogP contribution in [0.25, 0.3) is 0 Å². The van der Waals surface area contributed by atoms with Crippen molar-refractivity contribution in [1.82, 2.24) is 19.7 Å². The first kappa shape index (κ1) is 17.8. The van der Waals surface area contributed by atoms with Gasteiger partial charge in [0.25, 0.3) is 11.9 Å². The van der Waals surface area contributed by atoms with Crippen molar-refractivity contribution in [1.29, 1.82) is 0 Å². The van der Waals surface area contributed by atoms with Crippen molar-refractivity contribution in [3.05, 3.63) is 47.7 Å². The zero-order valence-electron chi connectivity index (χ0n) is 13.8. The zero-order chi connectivity index (χ0) is 19.0. The Labute approximate surface area is 155 Å². The largest absolute Gasteiger partial charge is 0.467 e. The molecule has 0 atom stereocenters. The molecule has 0 aromatic carbocycles. The van der Waals surface area contributed by atoms with Gasteiger partial charge in [-0.1, -0.05) is 0 Å². The lowest BCUT2D eigenvalue weighted by molar-refractivity contribution is 0.383. The summed E-state index contributed by atoms with van der Waals surface area (Å²) in [6.45, 7) is 1.73. The van der Waals surface area contributed by atoms with Crippen LogP contribution >= 0.6 is 11.8 Å². The SMILES string of the molecule is Fc1nc(F)c(F)c(Sc2nnc(N3CCCC3)n2Cc2ccco2)c1F. The minimum atomic E-state index is -1.71. The number of furan rings is 1. The molecule has 1 aliphatic heterocycles. The summed E-state index contributed by atoms with van der Waals surface area (Å²) in [7, 11) is 0. The second-order valence-electron chi connectivity index (χ2n) is 5.89. The highest BCUT2D eigenvalue weighted by Crippen LogP contribution is 2.35. The minimum absolute atomic E-state index is 0.0797. The average Bonchev–Trinajstić information content (AvgIpc) is 3.40. The molecule has 0 spiro atoms. The van der Waals surface area contributed by atoms with E-state index >= 15 is 0 Å². The van der Waals surface area contributed by atoms with Gasteiger partial charge in [0.15, 0.2) is 16.8 Å². The van der Waals surface area contributed by atoms with Gasteiger partial charge in [-0.25, -0.2) is 8.78 Å². The normalized spacial score (nSPS) is 14.3. The maximum absolute atomic E-state index is 14.0. The Bertz CT molecular complexity index is 930. The molecule has 0 aliphatic carbocycles. The van der Waals surface area contributed by atoms with E-state index in [1.165, 1.54) is 6.26 Å². The second kappa shape index (κ2) is 7.22. The van der Waals surface area contributed by atoms with Crippen LogP contribution in [-0.2, 0) is 6.54 Å². The van der Waals surface area contributed by atoms with Crippen molar-refractivity contribution in [2.45, 2.75) is 29.4 Å². The first-order valence-electron chi connectivity index (χ1n) is 8.13. The van der Waals surface area contributed by atoms with Gasteiger partial charge in [-0.3, -0.25) is 4.57 Å². The smallest absolute Gasteiger partial charge is 0.252 e. The molecule has 142 valence electrons. The molecule has 4 heterocycles. The standard InChI is InChI=1S/C16H13F4N5OS/c17-10-12(11(18)14(20)21-13(10)19)27-16-23-22-15(24-5-1-2-6-24)25(16)8-9-4-3-7-26-9/h3-4,7H,1-2,5-6,8H2. The number of pyridine rings is 1. The highest BCUT2D eigenvalue weighted by Gasteiger charge is 2.27. The Morgan fingerprint density at radius 1 is 1.04 bits per heavy atom. The lowest BCUT2D eigenvalue weighted by Crippen LogP contribution is -2.22. The summed E-state index contributed by atoms with van der Waals surface area (Å²) in [4.78, 5) is 3.69. The summed E-state index contributed by atoms with van der Waals surface area (Å²) < 4.78 is 61.7. The van der Waals surface area contributed by atoms with E-state index in [1.807, 2.05) is 4.90 Å². The molecule has 0 saturated carbocycles. The molecule has 1 fully saturated rings. The van der Waals surface area contributed by atoms with E-state index in [-0.39, 0.29) is 11.7 Å². The summed E-state index contributed by atoms with van der Waals surface area (Å²) in [5, 5.41) is 8.16. The number of halogens is 4. The fourth-order valence-electron chi connectivity index (χ4n) is 2.85. The number of nitrogens with zero attached hydrogens (tertiary/aromatic N) is 5. The van der Waals surface area contributed by atoms with Crippen LogP contribution in [0.2, 0.25) is 0 Å². The number of hydrogen-bond acceptors (Lipinski definition) is 6. The van der Waals surface area contributed by atoms with E-state index in [0.717, 1.165) is 25.9 Å². The van der Waals surface area contributed by atoms with E-state index in [4.69, 9.17) is 4.42 Å². The highest BCUT2D eigenvalue weighted by molar-refractivity contribution is 7.99. The molecule has 0 bridgehead atoms. The Morgan fingerprint density at radius 2 is 1.74 bits per heavy atom. The molecule has 1 saturated heterocycles. The van der Waals surface area contributed by atoms with E-state index in [9.17, 15) is 17.6 Å². The highest BCUT2D eigenvalue weighted by atomic mass is 32.2.